The molecule has 1 aromatic rings. The van der Waals surface area contributed by atoms with Crippen LogP contribution in [0.1, 0.15) is 44.0 Å². The summed E-state index contributed by atoms with van der Waals surface area (Å²) in [4.78, 5) is 39.6. The molecule has 1 aliphatic rings. The molecule has 2 rings (SSSR count). The number of carbonyl (C=O) groups excluding carboxylic acids is 3. The summed E-state index contributed by atoms with van der Waals surface area (Å²) in [7, 11) is 3.02. The number of amides is 2. The van der Waals surface area contributed by atoms with E-state index in [0.29, 0.717) is 49.6 Å². The molecule has 0 radical (unpaired) electrons. The summed E-state index contributed by atoms with van der Waals surface area (Å²) in [6.07, 6.45) is 1.13. The average molecular weight is 421 g/mol. The fourth-order valence-electron chi connectivity index (χ4n) is 3.47. The van der Waals surface area contributed by atoms with Crippen LogP contribution >= 0.6 is 0 Å². The molecule has 8 heteroatoms. The standard InChI is InChI=1S/C22H32N2O6/c1-6-30-22(27)15-7-9-24(10-8-15)21(26)19(14(2)3)23-20(25)16-11-17(28-4)13-18(12-16)29-5/h11-15,19H,6-10H2,1-5H3,(H,23,25)/t19-/m0/s1. The van der Waals surface area contributed by atoms with Crippen molar-refractivity contribution < 1.29 is 28.6 Å². The lowest BCUT2D eigenvalue weighted by atomic mass is 9.95. The van der Waals surface area contributed by atoms with Crippen molar-refractivity contribution in [2.75, 3.05) is 33.9 Å². The number of benzene rings is 1. The number of methoxy groups -OCH3 is 2. The predicted octanol–water partition coefficient (Wildman–Crippen LogP) is 2.26. The lowest BCUT2D eigenvalue weighted by Crippen LogP contribution is -2.53. The highest BCUT2D eigenvalue weighted by atomic mass is 16.5. The molecule has 2 amide bonds. The second-order valence-corrected chi connectivity index (χ2v) is 7.65. The number of rotatable bonds is 8. The molecule has 0 unspecified atom stereocenters. The Balaban J connectivity index is 2.06. The zero-order chi connectivity index (χ0) is 22.3. The van der Waals surface area contributed by atoms with Crippen molar-refractivity contribution >= 4 is 17.8 Å². The van der Waals surface area contributed by atoms with Gasteiger partial charge in [0.25, 0.3) is 5.91 Å². The van der Waals surface area contributed by atoms with Crippen molar-refractivity contribution in [2.45, 2.75) is 39.7 Å². The molecule has 0 aromatic heterocycles. The van der Waals surface area contributed by atoms with E-state index in [4.69, 9.17) is 14.2 Å². The SMILES string of the molecule is CCOC(=O)C1CCN(C(=O)[C@@H](NC(=O)c2cc(OC)cc(OC)c2)C(C)C)CC1. The minimum atomic E-state index is -0.672. The van der Waals surface area contributed by atoms with E-state index in [1.807, 2.05) is 13.8 Å². The average Bonchev–Trinajstić information content (AvgIpc) is 2.76. The second-order valence-electron chi connectivity index (χ2n) is 7.65. The van der Waals surface area contributed by atoms with E-state index < -0.39 is 6.04 Å². The van der Waals surface area contributed by atoms with Crippen LogP contribution in [0.3, 0.4) is 0 Å². The molecule has 0 aliphatic carbocycles. The van der Waals surface area contributed by atoms with Crippen LogP contribution < -0.4 is 14.8 Å². The number of hydrogen-bond acceptors (Lipinski definition) is 6. The van der Waals surface area contributed by atoms with Gasteiger partial charge in [-0.3, -0.25) is 14.4 Å². The number of esters is 1. The Hall–Kier alpha value is -2.77. The fraction of sp³-hybridized carbons (Fsp3) is 0.591. The van der Waals surface area contributed by atoms with Gasteiger partial charge < -0.3 is 24.4 Å². The van der Waals surface area contributed by atoms with Gasteiger partial charge in [0.05, 0.1) is 26.7 Å². The molecule has 1 atom stereocenters. The Morgan fingerprint density at radius 1 is 1.07 bits per heavy atom. The molecule has 1 N–H and O–H groups in total. The van der Waals surface area contributed by atoms with Crippen LogP contribution in [0.15, 0.2) is 18.2 Å². The Morgan fingerprint density at radius 3 is 2.10 bits per heavy atom. The van der Waals surface area contributed by atoms with E-state index in [-0.39, 0.29) is 29.6 Å². The summed E-state index contributed by atoms with van der Waals surface area (Å²) in [5.41, 5.74) is 0.352. The van der Waals surface area contributed by atoms with E-state index in [2.05, 4.69) is 5.32 Å². The van der Waals surface area contributed by atoms with Crippen molar-refractivity contribution in [3.8, 4) is 11.5 Å². The molecule has 1 aliphatic heterocycles. The molecule has 8 nitrogen and oxygen atoms in total. The topological polar surface area (TPSA) is 94.2 Å². The minimum Gasteiger partial charge on any atom is -0.497 e. The summed E-state index contributed by atoms with van der Waals surface area (Å²) in [6, 6.07) is 4.21. The number of ether oxygens (including phenoxy) is 3. The summed E-state index contributed by atoms with van der Waals surface area (Å²) in [5.74, 6) is -0.00976. The molecule has 30 heavy (non-hydrogen) atoms. The normalized spacial score (nSPS) is 15.5. The van der Waals surface area contributed by atoms with Crippen LogP contribution in [0, 0.1) is 11.8 Å². The lowest BCUT2D eigenvalue weighted by Gasteiger charge is -2.34. The van der Waals surface area contributed by atoms with Gasteiger partial charge in [0.1, 0.15) is 17.5 Å². The Morgan fingerprint density at radius 2 is 1.63 bits per heavy atom. The number of piperidine rings is 1. The van der Waals surface area contributed by atoms with Gasteiger partial charge in [0.15, 0.2) is 0 Å². The van der Waals surface area contributed by atoms with E-state index in [0.717, 1.165) is 0 Å². The highest BCUT2D eigenvalue weighted by Gasteiger charge is 2.33. The van der Waals surface area contributed by atoms with Crippen molar-refractivity contribution in [3.63, 3.8) is 0 Å². The molecule has 1 saturated heterocycles. The maximum absolute atomic E-state index is 13.1. The van der Waals surface area contributed by atoms with Crippen LogP contribution in [0.2, 0.25) is 0 Å². The highest BCUT2D eigenvalue weighted by molar-refractivity contribution is 5.98. The third-order valence-electron chi connectivity index (χ3n) is 5.26. The van der Waals surface area contributed by atoms with Crippen LogP contribution in [0.5, 0.6) is 11.5 Å². The van der Waals surface area contributed by atoms with Gasteiger partial charge in [-0.2, -0.15) is 0 Å². The minimum absolute atomic E-state index is 0.100. The van der Waals surface area contributed by atoms with Gasteiger partial charge in [-0.1, -0.05) is 13.8 Å². The van der Waals surface area contributed by atoms with Crippen LogP contribution in [-0.4, -0.2) is 62.6 Å². The Bertz CT molecular complexity index is 734. The zero-order valence-electron chi connectivity index (χ0n) is 18.4. The maximum atomic E-state index is 13.1. The third kappa shape index (κ3) is 5.87. The van der Waals surface area contributed by atoms with Gasteiger partial charge in [-0.05, 0) is 37.8 Å². The fourth-order valence-corrected chi connectivity index (χ4v) is 3.47. The van der Waals surface area contributed by atoms with E-state index >= 15 is 0 Å². The van der Waals surface area contributed by atoms with Gasteiger partial charge in [0, 0.05) is 24.7 Å². The van der Waals surface area contributed by atoms with Crippen molar-refractivity contribution in [3.05, 3.63) is 23.8 Å². The number of nitrogens with zero attached hydrogens (tertiary/aromatic N) is 1. The Kier molecular flexibility index (Phi) is 8.50. The summed E-state index contributed by atoms with van der Waals surface area (Å²) < 4.78 is 15.5. The third-order valence-corrected chi connectivity index (χ3v) is 5.26. The molecule has 1 heterocycles. The first-order valence-corrected chi connectivity index (χ1v) is 10.3. The molecule has 1 fully saturated rings. The zero-order valence-corrected chi connectivity index (χ0v) is 18.4. The predicted molar refractivity (Wildman–Crippen MR) is 112 cm³/mol. The van der Waals surface area contributed by atoms with Gasteiger partial charge in [-0.15, -0.1) is 0 Å². The van der Waals surface area contributed by atoms with E-state index in [1.165, 1.54) is 14.2 Å². The smallest absolute Gasteiger partial charge is 0.309 e. The maximum Gasteiger partial charge on any atom is 0.309 e. The van der Waals surface area contributed by atoms with Crippen LogP contribution in [-0.2, 0) is 14.3 Å². The van der Waals surface area contributed by atoms with Gasteiger partial charge in [0.2, 0.25) is 5.91 Å². The lowest BCUT2D eigenvalue weighted by molar-refractivity contribution is -0.151. The highest BCUT2D eigenvalue weighted by Crippen LogP contribution is 2.23. The van der Waals surface area contributed by atoms with Gasteiger partial charge >= 0.3 is 5.97 Å². The number of carbonyl (C=O) groups is 3. The van der Waals surface area contributed by atoms with E-state index in [9.17, 15) is 14.4 Å². The Labute approximate surface area is 177 Å². The van der Waals surface area contributed by atoms with Crippen LogP contribution in [0.4, 0.5) is 0 Å². The summed E-state index contributed by atoms with van der Waals surface area (Å²) >= 11 is 0. The molecule has 166 valence electrons. The van der Waals surface area contributed by atoms with Crippen molar-refractivity contribution in [1.82, 2.24) is 10.2 Å². The molecular formula is C22H32N2O6. The monoisotopic (exact) mass is 420 g/mol. The molecule has 1 aromatic carbocycles. The molecular weight excluding hydrogens is 388 g/mol. The first kappa shape index (κ1) is 23.5. The van der Waals surface area contributed by atoms with Crippen molar-refractivity contribution in [1.29, 1.82) is 0 Å². The summed E-state index contributed by atoms with van der Waals surface area (Å²) in [6.45, 7) is 6.85. The number of likely N-dealkylation sites (tertiary alicyclic amines) is 1. The molecule has 0 spiro atoms. The van der Waals surface area contributed by atoms with Crippen LogP contribution in [0.25, 0.3) is 0 Å². The largest absolute Gasteiger partial charge is 0.497 e. The second kappa shape index (κ2) is 10.8. The van der Waals surface area contributed by atoms with E-state index in [1.54, 1.807) is 30.0 Å². The van der Waals surface area contributed by atoms with Crippen molar-refractivity contribution in [2.24, 2.45) is 11.8 Å². The quantitative estimate of drug-likeness (QED) is 0.649. The first-order chi connectivity index (χ1) is 14.3. The van der Waals surface area contributed by atoms with Gasteiger partial charge in [-0.25, -0.2) is 0 Å². The number of nitrogens with one attached hydrogen (secondary N) is 1. The molecule has 0 saturated carbocycles. The number of hydrogen-bond donors (Lipinski definition) is 1. The summed E-state index contributed by atoms with van der Waals surface area (Å²) in [5, 5.41) is 2.85. The first-order valence-electron chi connectivity index (χ1n) is 10.3. The molecule has 0 bridgehead atoms.